The van der Waals surface area contributed by atoms with Crippen molar-refractivity contribution in [1.29, 1.82) is 0 Å². The number of aromatic nitrogens is 2. The maximum atomic E-state index is 10.5. The maximum Gasteiger partial charge on any atom is 0.305 e. The zero-order valence-electron chi connectivity index (χ0n) is 8.40. The van der Waals surface area contributed by atoms with Gasteiger partial charge in [-0.3, -0.25) is 9.48 Å². The second-order valence-corrected chi connectivity index (χ2v) is 3.26. The molecule has 0 spiro atoms. The Morgan fingerprint density at radius 1 is 1.79 bits per heavy atom. The van der Waals surface area contributed by atoms with Gasteiger partial charge in [-0.05, 0) is 6.42 Å². The van der Waals surface area contributed by atoms with Crippen LogP contribution in [0.5, 0.6) is 0 Å². The van der Waals surface area contributed by atoms with Gasteiger partial charge in [0.05, 0.1) is 12.1 Å². The van der Waals surface area contributed by atoms with E-state index in [0.717, 1.165) is 17.7 Å². The topological polar surface area (TPSA) is 81.1 Å². The number of hydrogen-bond acceptors (Lipinski definition) is 3. The fraction of sp³-hybridized carbons (Fsp3) is 0.556. The lowest BCUT2D eigenvalue weighted by Crippen LogP contribution is -2.15. The van der Waals surface area contributed by atoms with Crippen LogP contribution in [0.2, 0.25) is 0 Å². The van der Waals surface area contributed by atoms with E-state index in [1.807, 2.05) is 6.92 Å². The molecular formula is C9H15N3O2. The van der Waals surface area contributed by atoms with Gasteiger partial charge in [0.15, 0.2) is 0 Å². The quantitative estimate of drug-likeness (QED) is 0.734. The molecule has 0 aromatic carbocycles. The number of carboxylic acids is 1. The van der Waals surface area contributed by atoms with Gasteiger partial charge in [-0.2, -0.15) is 5.10 Å². The number of hydrogen-bond donors (Lipinski definition) is 2. The minimum atomic E-state index is -0.886. The molecule has 14 heavy (non-hydrogen) atoms. The van der Waals surface area contributed by atoms with Crippen molar-refractivity contribution < 1.29 is 9.90 Å². The Bertz CT molecular complexity index is 333. The third-order valence-corrected chi connectivity index (χ3v) is 2.07. The molecule has 5 nitrogen and oxygen atoms in total. The summed E-state index contributed by atoms with van der Waals surface area (Å²) in [5, 5.41) is 12.8. The van der Waals surface area contributed by atoms with Gasteiger partial charge < -0.3 is 10.8 Å². The average Bonchev–Trinajstić information content (AvgIpc) is 2.45. The van der Waals surface area contributed by atoms with Crippen molar-refractivity contribution in [3.05, 3.63) is 17.5 Å². The summed E-state index contributed by atoms with van der Waals surface area (Å²) < 4.78 is 1.66. The van der Waals surface area contributed by atoms with E-state index in [9.17, 15) is 4.79 Å². The molecule has 3 N–H and O–H groups in total. The van der Waals surface area contributed by atoms with Gasteiger partial charge in [0.2, 0.25) is 0 Å². The molecule has 0 aliphatic rings. The van der Waals surface area contributed by atoms with E-state index in [-0.39, 0.29) is 6.42 Å². The molecule has 0 fully saturated rings. The monoisotopic (exact) mass is 197 g/mol. The number of carboxylic acid groups (broad SMARTS) is 1. The van der Waals surface area contributed by atoms with E-state index >= 15 is 0 Å². The third kappa shape index (κ3) is 2.32. The lowest BCUT2D eigenvalue weighted by molar-refractivity contribution is -0.137. The first-order valence-electron chi connectivity index (χ1n) is 4.54. The van der Waals surface area contributed by atoms with Gasteiger partial charge in [-0.1, -0.05) is 6.92 Å². The average molecular weight is 197 g/mol. The van der Waals surface area contributed by atoms with Crippen LogP contribution in [0.1, 0.15) is 30.6 Å². The molecule has 78 valence electrons. The van der Waals surface area contributed by atoms with Crippen LogP contribution in [-0.4, -0.2) is 20.9 Å². The summed E-state index contributed by atoms with van der Waals surface area (Å²) in [5.74, 6) is -0.886. The first kappa shape index (κ1) is 10.7. The molecule has 0 amide bonds. The number of aliphatic carboxylic acids is 1. The van der Waals surface area contributed by atoms with Crippen LogP contribution in [0, 0.1) is 0 Å². The summed E-state index contributed by atoms with van der Waals surface area (Å²) >= 11 is 0. The van der Waals surface area contributed by atoms with Gasteiger partial charge in [0.1, 0.15) is 0 Å². The Hall–Kier alpha value is -1.36. The maximum absolute atomic E-state index is 10.5. The Kier molecular flexibility index (Phi) is 3.24. The molecule has 1 rings (SSSR count). The first-order chi connectivity index (χ1) is 6.54. The van der Waals surface area contributed by atoms with Crippen molar-refractivity contribution in [3.63, 3.8) is 0 Å². The van der Waals surface area contributed by atoms with Crippen molar-refractivity contribution in [2.45, 2.75) is 25.8 Å². The van der Waals surface area contributed by atoms with E-state index in [0.29, 0.717) is 0 Å². The minimum Gasteiger partial charge on any atom is -0.481 e. The lowest BCUT2D eigenvalue weighted by atomic mass is 10.0. The van der Waals surface area contributed by atoms with Gasteiger partial charge in [0.25, 0.3) is 0 Å². The van der Waals surface area contributed by atoms with Gasteiger partial charge in [-0.25, -0.2) is 0 Å². The molecule has 1 heterocycles. The number of rotatable bonds is 4. The number of aryl methyl sites for hydroxylation is 2. The van der Waals surface area contributed by atoms with Gasteiger partial charge in [-0.15, -0.1) is 0 Å². The third-order valence-electron chi connectivity index (χ3n) is 2.07. The number of nitrogens with zero attached hydrogens (tertiary/aromatic N) is 2. The van der Waals surface area contributed by atoms with Crippen molar-refractivity contribution in [2.75, 3.05) is 0 Å². The number of nitrogens with two attached hydrogens (primary N) is 1. The fourth-order valence-corrected chi connectivity index (χ4v) is 1.44. The molecule has 0 bridgehead atoms. The molecule has 5 heteroatoms. The lowest BCUT2D eigenvalue weighted by Gasteiger charge is -2.07. The van der Waals surface area contributed by atoms with Crippen molar-refractivity contribution >= 4 is 5.97 Å². The summed E-state index contributed by atoms with van der Waals surface area (Å²) in [4.78, 5) is 10.5. The Labute approximate surface area is 82.5 Å². The molecule has 1 atom stereocenters. The van der Waals surface area contributed by atoms with Crippen LogP contribution in [0.25, 0.3) is 0 Å². The molecule has 0 aliphatic heterocycles. The van der Waals surface area contributed by atoms with Crippen LogP contribution >= 0.6 is 0 Å². The molecular weight excluding hydrogens is 182 g/mol. The van der Waals surface area contributed by atoms with Crippen LogP contribution in [-0.2, 0) is 18.3 Å². The van der Waals surface area contributed by atoms with Crippen molar-refractivity contribution in [2.24, 2.45) is 12.8 Å². The Morgan fingerprint density at radius 3 is 2.93 bits per heavy atom. The van der Waals surface area contributed by atoms with Crippen LogP contribution in [0.3, 0.4) is 0 Å². The zero-order chi connectivity index (χ0) is 10.7. The van der Waals surface area contributed by atoms with E-state index < -0.39 is 12.0 Å². The Balaban J connectivity index is 2.87. The molecule has 0 saturated heterocycles. The highest BCUT2D eigenvalue weighted by Gasteiger charge is 2.16. The van der Waals surface area contributed by atoms with Gasteiger partial charge in [0, 0.05) is 24.8 Å². The largest absolute Gasteiger partial charge is 0.481 e. The van der Waals surface area contributed by atoms with Crippen molar-refractivity contribution in [3.8, 4) is 0 Å². The normalized spacial score (nSPS) is 12.8. The zero-order valence-corrected chi connectivity index (χ0v) is 8.40. The Morgan fingerprint density at radius 2 is 2.43 bits per heavy atom. The van der Waals surface area contributed by atoms with E-state index in [1.165, 1.54) is 0 Å². The molecule has 1 aromatic heterocycles. The number of carbonyl (C=O) groups is 1. The summed E-state index contributed by atoms with van der Waals surface area (Å²) in [7, 11) is 1.80. The molecule has 0 aliphatic carbocycles. The van der Waals surface area contributed by atoms with Crippen LogP contribution in [0.4, 0.5) is 0 Å². The van der Waals surface area contributed by atoms with Crippen LogP contribution in [0.15, 0.2) is 6.20 Å². The summed E-state index contributed by atoms with van der Waals surface area (Å²) in [6.45, 7) is 1.97. The van der Waals surface area contributed by atoms with E-state index in [2.05, 4.69) is 5.10 Å². The summed E-state index contributed by atoms with van der Waals surface area (Å²) in [6.07, 6.45) is 2.49. The fourth-order valence-electron chi connectivity index (χ4n) is 1.44. The predicted octanol–water partition coefficient (Wildman–Crippen LogP) is 0.457. The summed E-state index contributed by atoms with van der Waals surface area (Å²) in [6, 6.07) is -0.462. The van der Waals surface area contributed by atoms with Crippen molar-refractivity contribution in [1.82, 2.24) is 9.78 Å². The second-order valence-electron chi connectivity index (χ2n) is 3.26. The smallest absolute Gasteiger partial charge is 0.305 e. The highest BCUT2D eigenvalue weighted by Crippen LogP contribution is 2.17. The highest BCUT2D eigenvalue weighted by molar-refractivity contribution is 5.67. The second kappa shape index (κ2) is 4.23. The molecule has 0 unspecified atom stereocenters. The SMILES string of the molecule is CCc1nn(C)cc1[C@@H](N)CC(=O)O. The summed E-state index contributed by atoms with van der Waals surface area (Å²) in [5.41, 5.74) is 7.46. The van der Waals surface area contributed by atoms with E-state index in [4.69, 9.17) is 10.8 Å². The predicted molar refractivity (Wildman–Crippen MR) is 51.8 cm³/mol. The van der Waals surface area contributed by atoms with Gasteiger partial charge >= 0.3 is 5.97 Å². The molecule has 1 aromatic rings. The first-order valence-corrected chi connectivity index (χ1v) is 4.54. The molecule has 0 saturated carbocycles. The minimum absolute atomic E-state index is 0.0569. The standard InChI is InChI=1S/C9H15N3O2/c1-3-8-6(5-12(2)11-8)7(10)4-9(13)14/h5,7H,3-4,10H2,1-2H3,(H,13,14)/t7-/m0/s1. The van der Waals surface area contributed by atoms with E-state index in [1.54, 1.807) is 17.9 Å². The highest BCUT2D eigenvalue weighted by atomic mass is 16.4. The molecule has 0 radical (unpaired) electrons. The van der Waals surface area contributed by atoms with Crippen LogP contribution < -0.4 is 5.73 Å².